The van der Waals surface area contributed by atoms with Gasteiger partial charge < -0.3 is 15.4 Å². The maximum Gasteiger partial charge on any atom is 0.221 e. The van der Waals surface area contributed by atoms with Crippen LogP contribution in [0.2, 0.25) is 0 Å². The number of carbonyl (C=O) groups is 1. The van der Waals surface area contributed by atoms with E-state index in [1.807, 2.05) is 11.8 Å². The number of carbonyl (C=O) groups excluding carboxylic acids is 1. The van der Waals surface area contributed by atoms with Gasteiger partial charge in [0.25, 0.3) is 0 Å². The van der Waals surface area contributed by atoms with Crippen molar-refractivity contribution in [2.75, 3.05) is 31.2 Å². The lowest BCUT2D eigenvalue weighted by molar-refractivity contribution is -0.121. The van der Waals surface area contributed by atoms with E-state index in [1.54, 1.807) is 0 Å². The Morgan fingerprint density at radius 1 is 1.44 bits per heavy atom. The van der Waals surface area contributed by atoms with Gasteiger partial charge in [-0.1, -0.05) is 0 Å². The monoisotopic (exact) mass is 272 g/mol. The molecule has 5 heteroatoms. The van der Waals surface area contributed by atoms with E-state index in [0.29, 0.717) is 18.6 Å². The van der Waals surface area contributed by atoms with Crippen LogP contribution >= 0.6 is 11.8 Å². The normalized spacial score (nSPS) is 28.9. The number of thioether (sulfide) groups is 1. The van der Waals surface area contributed by atoms with Crippen molar-refractivity contribution in [3.05, 3.63) is 0 Å². The zero-order valence-electron chi connectivity index (χ0n) is 11.0. The fraction of sp³-hybridized carbons (Fsp3) is 0.923. The third-order valence-corrected chi connectivity index (χ3v) is 4.62. The predicted octanol–water partition coefficient (Wildman–Crippen LogP) is 1.16. The molecule has 4 nitrogen and oxygen atoms in total. The molecule has 0 aromatic heterocycles. The van der Waals surface area contributed by atoms with Crippen molar-refractivity contribution in [1.82, 2.24) is 10.6 Å². The lowest BCUT2D eigenvalue weighted by Crippen LogP contribution is -2.41. The summed E-state index contributed by atoms with van der Waals surface area (Å²) in [6, 6.07) is 0.356. The molecule has 0 aliphatic carbocycles. The van der Waals surface area contributed by atoms with Crippen LogP contribution in [0.3, 0.4) is 0 Å². The Morgan fingerprint density at radius 3 is 3.11 bits per heavy atom. The molecule has 0 saturated carbocycles. The Hall–Kier alpha value is -0.260. The molecule has 2 atom stereocenters. The molecule has 2 rings (SSSR count). The van der Waals surface area contributed by atoms with Crippen LogP contribution in [0.1, 0.15) is 32.1 Å². The quantitative estimate of drug-likeness (QED) is 0.788. The Labute approximate surface area is 114 Å². The van der Waals surface area contributed by atoms with E-state index >= 15 is 0 Å². The zero-order valence-corrected chi connectivity index (χ0v) is 11.8. The summed E-state index contributed by atoms with van der Waals surface area (Å²) >= 11 is 1.93. The summed E-state index contributed by atoms with van der Waals surface area (Å²) in [5.74, 6) is 2.39. The molecule has 2 unspecified atom stereocenters. The fourth-order valence-electron chi connectivity index (χ4n) is 2.45. The second-order valence-corrected chi connectivity index (χ2v) is 6.21. The van der Waals surface area contributed by atoms with E-state index in [0.717, 1.165) is 44.0 Å². The van der Waals surface area contributed by atoms with E-state index in [2.05, 4.69) is 10.6 Å². The van der Waals surface area contributed by atoms with Gasteiger partial charge in [-0.2, -0.15) is 11.8 Å². The van der Waals surface area contributed by atoms with E-state index in [9.17, 15) is 4.79 Å². The third kappa shape index (κ3) is 5.16. The summed E-state index contributed by atoms with van der Waals surface area (Å²) in [6.07, 6.45) is 5.53. The Balaban J connectivity index is 1.53. The molecule has 0 radical (unpaired) electrons. The fourth-order valence-corrected chi connectivity index (χ4v) is 3.40. The number of hydrogen-bond acceptors (Lipinski definition) is 4. The van der Waals surface area contributed by atoms with Gasteiger partial charge in [0, 0.05) is 43.7 Å². The summed E-state index contributed by atoms with van der Waals surface area (Å²) in [6.45, 7) is 2.67. The molecule has 2 aliphatic heterocycles. The topological polar surface area (TPSA) is 50.4 Å². The Morgan fingerprint density at radius 2 is 2.39 bits per heavy atom. The molecule has 0 spiro atoms. The van der Waals surface area contributed by atoms with Gasteiger partial charge in [-0.15, -0.1) is 0 Å². The molecule has 2 aliphatic rings. The molecule has 104 valence electrons. The molecular weight excluding hydrogens is 248 g/mol. The van der Waals surface area contributed by atoms with Gasteiger partial charge >= 0.3 is 0 Å². The molecule has 0 aromatic carbocycles. The maximum atomic E-state index is 11.8. The van der Waals surface area contributed by atoms with Crippen LogP contribution in [-0.4, -0.2) is 49.3 Å². The molecule has 2 heterocycles. The summed E-state index contributed by atoms with van der Waals surface area (Å²) in [5, 5.41) is 6.39. The first-order valence-corrected chi connectivity index (χ1v) is 8.19. The van der Waals surface area contributed by atoms with Crippen LogP contribution in [0, 0.1) is 0 Å². The van der Waals surface area contributed by atoms with Crippen molar-refractivity contribution in [2.45, 2.75) is 44.2 Å². The first-order valence-electron chi connectivity index (χ1n) is 7.04. The highest BCUT2D eigenvalue weighted by molar-refractivity contribution is 7.99. The van der Waals surface area contributed by atoms with Gasteiger partial charge in [-0.3, -0.25) is 4.79 Å². The number of ether oxygens (including phenoxy) is 1. The standard InChI is InChI=1S/C13H24N2O2S/c16-13(9-11-10-18-8-6-14-11)15-5-4-12-3-1-2-7-17-12/h11-12,14H,1-10H2,(H,15,16). The minimum atomic E-state index is 0.172. The van der Waals surface area contributed by atoms with Gasteiger partial charge in [0.05, 0.1) is 6.10 Å². The molecule has 2 fully saturated rings. The summed E-state index contributed by atoms with van der Waals surface area (Å²) in [7, 11) is 0. The minimum absolute atomic E-state index is 0.172. The predicted molar refractivity (Wildman–Crippen MR) is 75.0 cm³/mol. The van der Waals surface area contributed by atoms with Crippen LogP contribution in [0.5, 0.6) is 0 Å². The Bertz CT molecular complexity index is 251. The lowest BCUT2D eigenvalue weighted by atomic mass is 10.1. The molecular formula is C13H24N2O2S. The van der Waals surface area contributed by atoms with Gasteiger partial charge in [-0.05, 0) is 25.7 Å². The van der Waals surface area contributed by atoms with Gasteiger partial charge in [0.15, 0.2) is 0 Å². The molecule has 0 bridgehead atoms. The second kappa shape index (κ2) is 8.02. The van der Waals surface area contributed by atoms with Crippen LogP contribution < -0.4 is 10.6 Å². The number of amides is 1. The SMILES string of the molecule is O=C(CC1CSCCN1)NCCC1CCCCO1. The van der Waals surface area contributed by atoms with E-state index < -0.39 is 0 Å². The first kappa shape index (κ1) is 14.2. The highest BCUT2D eigenvalue weighted by Gasteiger charge is 2.17. The summed E-state index contributed by atoms with van der Waals surface area (Å²) < 4.78 is 5.64. The van der Waals surface area contributed by atoms with Crippen molar-refractivity contribution in [3.63, 3.8) is 0 Å². The highest BCUT2D eigenvalue weighted by atomic mass is 32.2. The first-order chi connectivity index (χ1) is 8.84. The lowest BCUT2D eigenvalue weighted by Gasteiger charge is -2.24. The van der Waals surface area contributed by atoms with Crippen molar-refractivity contribution in [3.8, 4) is 0 Å². The Kier molecular flexibility index (Phi) is 6.31. The highest BCUT2D eigenvalue weighted by Crippen LogP contribution is 2.15. The number of rotatable bonds is 5. The van der Waals surface area contributed by atoms with Crippen molar-refractivity contribution < 1.29 is 9.53 Å². The van der Waals surface area contributed by atoms with Crippen molar-refractivity contribution in [1.29, 1.82) is 0 Å². The van der Waals surface area contributed by atoms with Gasteiger partial charge in [0.2, 0.25) is 5.91 Å². The maximum absolute atomic E-state index is 11.8. The van der Waals surface area contributed by atoms with E-state index in [-0.39, 0.29) is 5.91 Å². The van der Waals surface area contributed by atoms with Crippen LogP contribution in [0.15, 0.2) is 0 Å². The van der Waals surface area contributed by atoms with Gasteiger partial charge in [-0.25, -0.2) is 0 Å². The zero-order chi connectivity index (χ0) is 12.6. The number of hydrogen-bond donors (Lipinski definition) is 2. The summed E-state index contributed by atoms with van der Waals surface area (Å²) in [5.41, 5.74) is 0. The van der Waals surface area contributed by atoms with Crippen molar-refractivity contribution in [2.24, 2.45) is 0 Å². The van der Waals surface area contributed by atoms with Crippen LogP contribution in [-0.2, 0) is 9.53 Å². The third-order valence-electron chi connectivity index (χ3n) is 3.49. The van der Waals surface area contributed by atoms with Crippen LogP contribution in [0.4, 0.5) is 0 Å². The average molecular weight is 272 g/mol. The number of nitrogens with one attached hydrogen (secondary N) is 2. The summed E-state index contributed by atoms with van der Waals surface area (Å²) in [4.78, 5) is 11.8. The largest absolute Gasteiger partial charge is 0.378 e. The average Bonchev–Trinajstić information content (AvgIpc) is 2.41. The molecule has 18 heavy (non-hydrogen) atoms. The smallest absolute Gasteiger partial charge is 0.221 e. The van der Waals surface area contributed by atoms with E-state index in [4.69, 9.17) is 4.74 Å². The molecule has 2 saturated heterocycles. The molecule has 1 amide bonds. The van der Waals surface area contributed by atoms with Crippen molar-refractivity contribution >= 4 is 17.7 Å². The molecule has 2 N–H and O–H groups in total. The second-order valence-electron chi connectivity index (χ2n) is 5.06. The minimum Gasteiger partial charge on any atom is -0.378 e. The van der Waals surface area contributed by atoms with Crippen LogP contribution in [0.25, 0.3) is 0 Å². The molecule has 0 aromatic rings. The van der Waals surface area contributed by atoms with Gasteiger partial charge in [0.1, 0.15) is 0 Å². The van der Waals surface area contributed by atoms with E-state index in [1.165, 1.54) is 12.8 Å².